The van der Waals surface area contributed by atoms with Gasteiger partial charge in [-0.2, -0.15) is 0 Å². The van der Waals surface area contributed by atoms with E-state index >= 15 is 0 Å². The van der Waals surface area contributed by atoms with Gasteiger partial charge in [-0.25, -0.2) is 0 Å². The van der Waals surface area contributed by atoms with Gasteiger partial charge in [0.25, 0.3) is 0 Å². The zero-order valence-corrected chi connectivity index (χ0v) is 22.7. The third-order valence-corrected chi connectivity index (χ3v) is 8.36. The molecule has 2 aromatic carbocycles. The largest absolute Gasteiger partial charge is 0.456 e. The number of unbranched alkanes of at least 4 members (excludes halogenated alkanes) is 1. The molecule has 4 atom stereocenters. The number of amides is 1. The van der Waals surface area contributed by atoms with Crippen LogP contribution in [0.25, 0.3) is 0 Å². The maximum atomic E-state index is 13.4. The lowest BCUT2D eigenvalue weighted by atomic mass is 9.73. The number of aliphatic hydroxyl groups is 1. The fourth-order valence-electron chi connectivity index (χ4n) is 6.25. The van der Waals surface area contributed by atoms with E-state index in [1.54, 1.807) is 7.11 Å². The first kappa shape index (κ1) is 27.6. The van der Waals surface area contributed by atoms with E-state index in [1.165, 1.54) is 0 Å². The van der Waals surface area contributed by atoms with Crippen molar-refractivity contribution in [2.75, 3.05) is 26.8 Å². The van der Waals surface area contributed by atoms with Crippen LogP contribution in [0, 0.1) is 25.7 Å². The molecule has 6 heteroatoms. The van der Waals surface area contributed by atoms with Gasteiger partial charge in [-0.3, -0.25) is 4.79 Å². The van der Waals surface area contributed by atoms with E-state index in [0.717, 1.165) is 73.9 Å². The number of carbonyl (C=O) groups excluding carboxylic acids is 1. The number of hydrogen-bond donors (Lipinski definition) is 2. The number of piperidine rings is 1. The van der Waals surface area contributed by atoms with E-state index in [1.807, 2.05) is 61.2 Å². The zero-order chi connectivity index (χ0) is 26.4. The van der Waals surface area contributed by atoms with E-state index < -0.39 is 5.60 Å². The number of likely N-dealkylation sites (tertiary alicyclic amines) is 1. The molecule has 1 aliphatic heterocycles. The highest BCUT2D eigenvalue weighted by Gasteiger charge is 2.44. The van der Waals surface area contributed by atoms with Gasteiger partial charge in [-0.05, 0) is 82.4 Å². The van der Waals surface area contributed by atoms with Crippen LogP contribution in [0.3, 0.4) is 0 Å². The molecule has 0 spiro atoms. The summed E-state index contributed by atoms with van der Waals surface area (Å²) in [5.74, 6) is 1.65. The minimum atomic E-state index is -1.12. The topological polar surface area (TPSA) is 85.0 Å². The minimum absolute atomic E-state index is 0.0168. The third-order valence-electron chi connectivity index (χ3n) is 8.36. The average molecular weight is 509 g/mol. The first-order chi connectivity index (χ1) is 17.8. The van der Waals surface area contributed by atoms with Crippen LogP contribution in [0.5, 0.6) is 11.5 Å². The van der Waals surface area contributed by atoms with E-state index in [0.29, 0.717) is 25.3 Å². The maximum Gasteiger partial charge on any atom is 0.225 e. The van der Waals surface area contributed by atoms with Gasteiger partial charge in [-0.15, -0.1) is 0 Å². The van der Waals surface area contributed by atoms with Crippen molar-refractivity contribution < 1.29 is 19.4 Å². The SMILES string of the molecule is COCCCC[C@@](O)(c1ccccc1Oc1c(C)cccc1C)C1CCCN(C(=O)[C@@H]2CC[C@H](N)C2)C1. The van der Waals surface area contributed by atoms with Gasteiger partial charge in [0.15, 0.2) is 0 Å². The number of carbonyl (C=O) groups is 1. The summed E-state index contributed by atoms with van der Waals surface area (Å²) >= 11 is 0. The summed E-state index contributed by atoms with van der Waals surface area (Å²) in [5, 5.41) is 12.5. The van der Waals surface area contributed by atoms with E-state index in [4.69, 9.17) is 15.2 Å². The number of hydrogen-bond acceptors (Lipinski definition) is 5. The van der Waals surface area contributed by atoms with E-state index in [9.17, 15) is 9.90 Å². The molecule has 2 fully saturated rings. The summed E-state index contributed by atoms with van der Waals surface area (Å²) < 4.78 is 11.8. The monoisotopic (exact) mass is 508 g/mol. The fourth-order valence-corrected chi connectivity index (χ4v) is 6.25. The highest BCUT2D eigenvalue weighted by atomic mass is 16.5. The van der Waals surface area contributed by atoms with Crippen molar-refractivity contribution in [3.63, 3.8) is 0 Å². The average Bonchev–Trinajstić information content (AvgIpc) is 3.35. The number of aryl methyl sites for hydroxylation is 2. The molecule has 4 rings (SSSR count). The summed E-state index contributed by atoms with van der Waals surface area (Å²) in [7, 11) is 1.71. The van der Waals surface area contributed by atoms with Crippen molar-refractivity contribution in [3.8, 4) is 11.5 Å². The van der Waals surface area contributed by atoms with Gasteiger partial charge >= 0.3 is 0 Å². The summed E-state index contributed by atoms with van der Waals surface area (Å²) in [6.45, 7) is 6.06. The number of rotatable bonds is 10. The van der Waals surface area contributed by atoms with Crippen molar-refractivity contribution in [1.29, 1.82) is 0 Å². The predicted molar refractivity (Wildman–Crippen MR) is 147 cm³/mol. The molecule has 2 aliphatic rings. The first-order valence-corrected chi connectivity index (χ1v) is 13.9. The number of benzene rings is 2. The number of nitrogens with zero attached hydrogens (tertiary/aromatic N) is 1. The number of methoxy groups -OCH3 is 1. The smallest absolute Gasteiger partial charge is 0.225 e. The van der Waals surface area contributed by atoms with Gasteiger partial charge in [-0.1, -0.05) is 36.4 Å². The molecule has 0 bridgehead atoms. The van der Waals surface area contributed by atoms with Gasteiger partial charge in [0, 0.05) is 50.2 Å². The maximum absolute atomic E-state index is 13.4. The Labute approximate surface area is 222 Å². The molecule has 6 nitrogen and oxygen atoms in total. The highest BCUT2D eigenvalue weighted by Crippen LogP contribution is 2.45. The molecule has 202 valence electrons. The standard InChI is InChI=1S/C31H44N2O4/c1-22-10-8-11-23(2)29(22)37-28-14-5-4-13-27(28)31(35,17-6-7-19-36-3)25-12-9-18-33(21-25)30(34)24-15-16-26(32)20-24/h4-5,8,10-11,13-14,24-26,35H,6-7,9,12,15-21,32H2,1-3H3/t24-,25?,26+,31+/m1/s1. The molecule has 1 aliphatic carbocycles. The molecule has 0 aromatic heterocycles. The van der Waals surface area contributed by atoms with Crippen LogP contribution in [0.4, 0.5) is 0 Å². The van der Waals surface area contributed by atoms with Crippen molar-refractivity contribution in [1.82, 2.24) is 4.90 Å². The molecule has 2 aromatic rings. The predicted octanol–water partition coefficient (Wildman–Crippen LogP) is 5.47. The summed E-state index contributed by atoms with van der Waals surface area (Å²) in [6, 6.07) is 14.1. The quantitative estimate of drug-likeness (QED) is 0.416. The Bertz CT molecular complexity index is 1040. The van der Waals surface area contributed by atoms with Gasteiger partial charge in [0.1, 0.15) is 11.5 Å². The van der Waals surface area contributed by atoms with Crippen LogP contribution in [-0.2, 0) is 15.1 Å². The minimum Gasteiger partial charge on any atom is -0.456 e. The molecule has 1 saturated heterocycles. The fraction of sp³-hybridized carbons (Fsp3) is 0.581. The molecule has 37 heavy (non-hydrogen) atoms. The Morgan fingerprint density at radius 1 is 1.08 bits per heavy atom. The second-order valence-electron chi connectivity index (χ2n) is 11.1. The van der Waals surface area contributed by atoms with Crippen LogP contribution >= 0.6 is 0 Å². The lowest BCUT2D eigenvalue weighted by Crippen LogP contribution is -2.49. The Morgan fingerprint density at radius 2 is 1.84 bits per heavy atom. The van der Waals surface area contributed by atoms with Crippen molar-refractivity contribution in [2.24, 2.45) is 17.6 Å². The van der Waals surface area contributed by atoms with Crippen molar-refractivity contribution in [2.45, 2.75) is 76.9 Å². The Balaban J connectivity index is 1.63. The van der Waals surface area contributed by atoms with Crippen LogP contribution in [0.2, 0.25) is 0 Å². The lowest BCUT2D eigenvalue weighted by molar-refractivity contribution is -0.141. The second kappa shape index (κ2) is 12.4. The highest BCUT2D eigenvalue weighted by molar-refractivity contribution is 5.79. The zero-order valence-electron chi connectivity index (χ0n) is 22.7. The molecular formula is C31H44N2O4. The molecule has 1 unspecified atom stereocenters. The molecular weight excluding hydrogens is 464 g/mol. The van der Waals surface area contributed by atoms with Crippen LogP contribution in [0.15, 0.2) is 42.5 Å². The number of nitrogens with two attached hydrogens (primary N) is 1. The number of ether oxygens (including phenoxy) is 2. The van der Waals surface area contributed by atoms with Crippen LogP contribution in [0.1, 0.15) is 68.1 Å². The molecule has 1 saturated carbocycles. The van der Waals surface area contributed by atoms with Gasteiger partial charge < -0.3 is 25.2 Å². The molecule has 1 heterocycles. The summed E-state index contributed by atoms with van der Waals surface area (Å²) in [5.41, 5.74) is 7.91. The Hall–Kier alpha value is -2.41. The van der Waals surface area contributed by atoms with Gasteiger partial charge in [0.05, 0.1) is 5.60 Å². The Kier molecular flexibility index (Phi) is 9.27. The Morgan fingerprint density at radius 3 is 2.54 bits per heavy atom. The van der Waals surface area contributed by atoms with E-state index in [-0.39, 0.29) is 23.8 Å². The van der Waals surface area contributed by atoms with Crippen molar-refractivity contribution in [3.05, 3.63) is 59.2 Å². The third kappa shape index (κ3) is 6.36. The van der Waals surface area contributed by atoms with E-state index in [2.05, 4.69) is 0 Å². The van der Waals surface area contributed by atoms with Crippen LogP contribution < -0.4 is 10.5 Å². The molecule has 3 N–H and O–H groups in total. The van der Waals surface area contributed by atoms with Gasteiger partial charge in [0.2, 0.25) is 5.91 Å². The first-order valence-electron chi connectivity index (χ1n) is 13.9. The second-order valence-corrected chi connectivity index (χ2v) is 11.1. The van der Waals surface area contributed by atoms with Crippen molar-refractivity contribution >= 4 is 5.91 Å². The summed E-state index contributed by atoms with van der Waals surface area (Å²) in [6.07, 6.45) is 6.59. The number of para-hydroxylation sites is 2. The lowest BCUT2D eigenvalue weighted by Gasteiger charge is -2.44. The summed E-state index contributed by atoms with van der Waals surface area (Å²) in [4.78, 5) is 15.4. The normalized spacial score (nSPS) is 23.6. The molecule has 0 radical (unpaired) electrons. The molecule has 1 amide bonds. The van der Waals surface area contributed by atoms with Crippen LogP contribution in [-0.4, -0.2) is 48.8 Å².